The summed E-state index contributed by atoms with van der Waals surface area (Å²) in [5.74, 6) is 1.84. The largest absolute Gasteiger partial charge is 0.488 e. The van der Waals surface area contributed by atoms with Crippen molar-refractivity contribution in [2.75, 3.05) is 52.3 Å². The smallest absolute Gasteiger partial charge is 0.227 e. The second-order valence-corrected chi connectivity index (χ2v) is 9.24. The second-order valence-electron chi connectivity index (χ2n) is 9.24. The van der Waals surface area contributed by atoms with Gasteiger partial charge >= 0.3 is 0 Å². The van der Waals surface area contributed by atoms with Crippen LogP contribution in [0.5, 0.6) is 5.75 Å². The van der Waals surface area contributed by atoms with Crippen LogP contribution in [0.4, 0.5) is 5.69 Å². The van der Waals surface area contributed by atoms with Crippen LogP contribution < -0.4 is 9.64 Å². The van der Waals surface area contributed by atoms with Gasteiger partial charge in [-0.1, -0.05) is 6.92 Å². The van der Waals surface area contributed by atoms with E-state index in [1.165, 1.54) is 12.8 Å². The van der Waals surface area contributed by atoms with E-state index in [2.05, 4.69) is 24.9 Å². The third kappa shape index (κ3) is 5.64. The van der Waals surface area contributed by atoms with E-state index in [0.29, 0.717) is 13.0 Å². The van der Waals surface area contributed by atoms with Crippen molar-refractivity contribution >= 4 is 11.6 Å². The highest BCUT2D eigenvalue weighted by molar-refractivity contribution is 5.80. The molecule has 6 nitrogen and oxygen atoms in total. The number of hydrogen-bond donors (Lipinski definition) is 1. The molecule has 0 radical (unpaired) electrons. The molecule has 0 bridgehead atoms. The van der Waals surface area contributed by atoms with Crippen LogP contribution in [0.3, 0.4) is 0 Å². The number of amides is 1. The average molecular weight is 404 g/mol. The molecular formula is C23H37N3O3. The normalized spacial score (nSPS) is 23.7. The SMILES string of the molecule is C[C@H]1CN([C@@H](C)CO)C(=O)Cc2cc(N(C)C)ccc2O[C@H]1CN(C)CC1CC1. The van der Waals surface area contributed by atoms with Crippen LogP contribution in [0.15, 0.2) is 18.2 Å². The molecule has 1 aromatic carbocycles. The summed E-state index contributed by atoms with van der Waals surface area (Å²) in [5.41, 5.74) is 1.97. The Morgan fingerprint density at radius 2 is 1.97 bits per heavy atom. The van der Waals surface area contributed by atoms with Crippen molar-refractivity contribution in [3.05, 3.63) is 23.8 Å². The standard InChI is InChI=1S/C23H37N3O3/c1-16-12-26(17(2)15-27)23(28)11-19-10-20(24(3)4)8-9-21(19)29-22(16)14-25(5)13-18-6-7-18/h8-10,16-18,22,27H,6-7,11-15H2,1-5H3/t16-,17-,22-/m0/s1. The zero-order valence-corrected chi connectivity index (χ0v) is 18.6. The highest BCUT2D eigenvalue weighted by atomic mass is 16.5. The molecule has 1 fully saturated rings. The van der Waals surface area contributed by atoms with E-state index in [0.717, 1.165) is 36.0 Å². The topological polar surface area (TPSA) is 56.3 Å². The minimum Gasteiger partial charge on any atom is -0.488 e. The molecule has 1 amide bonds. The number of carbonyl (C=O) groups excluding carboxylic acids is 1. The molecule has 1 heterocycles. The molecule has 0 spiro atoms. The number of ether oxygens (including phenoxy) is 1. The lowest BCUT2D eigenvalue weighted by Gasteiger charge is -2.34. The first kappa shape index (κ1) is 21.9. The van der Waals surface area contributed by atoms with Gasteiger partial charge in [-0.05, 0) is 50.9 Å². The molecule has 0 unspecified atom stereocenters. The van der Waals surface area contributed by atoms with Crippen molar-refractivity contribution in [3.8, 4) is 5.75 Å². The maximum Gasteiger partial charge on any atom is 0.227 e. The highest BCUT2D eigenvalue weighted by Gasteiger charge is 2.32. The summed E-state index contributed by atoms with van der Waals surface area (Å²) in [6, 6.07) is 5.90. The number of fused-ring (bicyclic) bond motifs is 1. The summed E-state index contributed by atoms with van der Waals surface area (Å²) in [6.45, 7) is 6.57. The van der Waals surface area contributed by atoms with Gasteiger partial charge in [0.1, 0.15) is 11.9 Å². The van der Waals surface area contributed by atoms with Gasteiger partial charge in [0.25, 0.3) is 0 Å². The maximum absolute atomic E-state index is 13.1. The Morgan fingerprint density at radius 3 is 2.59 bits per heavy atom. The van der Waals surface area contributed by atoms with Crippen molar-refractivity contribution in [3.63, 3.8) is 0 Å². The lowest BCUT2D eigenvalue weighted by Crippen LogP contribution is -2.47. The third-order valence-corrected chi connectivity index (χ3v) is 6.17. The number of carbonyl (C=O) groups is 1. The Bertz CT molecular complexity index is 705. The molecule has 1 aromatic rings. The van der Waals surface area contributed by atoms with Crippen molar-refractivity contribution in [2.24, 2.45) is 11.8 Å². The quantitative estimate of drug-likeness (QED) is 0.757. The fourth-order valence-electron chi connectivity index (χ4n) is 4.03. The zero-order chi connectivity index (χ0) is 21.1. The average Bonchev–Trinajstić information content (AvgIpc) is 3.48. The van der Waals surface area contributed by atoms with Crippen molar-refractivity contribution < 1.29 is 14.6 Å². The molecule has 6 heteroatoms. The van der Waals surface area contributed by atoms with Crippen molar-refractivity contribution in [1.29, 1.82) is 0 Å². The molecule has 29 heavy (non-hydrogen) atoms. The zero-order valence-electron chi connectivity index (χ0n) is 18.6. The molecule has 0 saturated heterocycles. The number of hydrogen-bond acceptors (Lipinski definition) is 5. The van der Waals surface area contributed by atoms with Crippen LogP contribution in [0.1, 0.15) is 32.3 Å². The molecule has 162 valence electrons. The van der Waals surface area contributed by atoms with Gasteiger partial charge < -0.3 is 24.5 Å². The molecule has 1 aliphatic carbocycles. The molecule has 3 atom stereocenters. The minimum atomic E-state index is -0.201. The van der Waals surface area contributed by atoms with Crippen molar-refractivity contribution in [1.82, 2.24) is 9.80 Å². The number of benzene rings is 1. The van der Waals surface area contributed by atoms with Gasteiger partial charge in [0.2, 0.25) is 5.91 Å². The van der Waals surface area contributed by atoms with Gasteiger partial charge in [-0.3, -0.25) is 4.79 Å². The monoisotopic (exact) mass is 403 g/mol. The molecule has 2 aliphatic rings. The van der Waals surface area contributed by atoms with Gasteiger partial charge in [-0.25, -0.2) is 0 Å². The van der Waals surface area contributed by atoms with Crippen LogP contribution in [0.2, 0.25) is 0 Å². The van der Waals surface area contributed by atoms with Gasteiger partial charge in [0.05, 0.1) is 19.1 Å². The van der Waals surface area contributed by atoms with E-state index in [9.17, 15) is 9.90 Å². The Balaban J connectivity index is 1.90. The number of nitrogens with zero attached hydrogens (tertiary/aromatic N) is 3. The third-order valence-electron chi connectivity index (χ3n) is 6.17. The first-order chi connectivity index (χ1) is 13.8. The molecular weight excluding hydrogens is 366 g/mol. The predicted molar refractivity (Wildman–Crippen MR) is 117 cm³/mol. The van der Waals surface area contributed by atoms with E-state index in [1.807, 2.05) is 43.0 Å². The van der Waals surface area contributed by atoms with E-state index < -0.39 is 0 Å². The lowest BCUT2D eigenvalue weighted by molar-refractivity contribution is -0.134. The van der Waals surface area contributed by atoms with Crippen LogP contribution in [-0.2, 0) is 11.2 Å². The molecule has 3 rings (SSSR count). The summed E-state index contributed by atoms with van der Waals surface area (Å²) in [6.07, 6.45) is 2.94. The van der Waals surface area contributed by atoms with E-state index >= 15 is 0 Å². The highest BCUT2D eigenvalue weighted by Crippen LogP contribution is 2.31. The molecule has 1 aliphatic heterocycles. The summed E-state index contributed by atoms with van der Waals surface area (Å²) in [7, 11) is 6.16. The van der Waals surface area contributed by atoms with E-state index in [4.69, 9.17) is 4.74 Å². The molecule has 1 N–H and O–H groups in total. The minimum absolute atomic E-state index is 0.0120. The van der Waals surface area contributed by atoms with Crippen LogP contribution in [0.25, 0.3) is 0 Å². The van der Waals surface area contributed by atoms with E-state index in [1.54, 1.807) is 0 Å². The Hall–Kier alpha value is -1.79. The van der Waals surface area contributed by atoms with Gasteiger partial charge in [-0.2, -0.15) is 0 Å². The van der Waals surface area contributed by atoms with E-state index in [-0.39, 0.29) is 30.6 Å². The predicted octanol–water partition coefficient (Wildman–Crippen LogP) is 2.24. The fourth-order valence-corrected chi connectivity index (χ4v) is 4.03. The summed E-state index contributed by atoms with van der Waals surface area (Å²) >= 11 is 0. The first-order valence-corrected chi connectivity index (χ1v) is 10.8. The number of aliphatic hydroxyl groups excluding tert-OH is 1. The Morgan fingerprint density at radius 1 is 1.24 bits per heavy atom. The van der Waals surface area contributed by atoms with Crippen LogP contribution in [0, 0.1) is 11.8 Å². The Kier molecular flexibility index (Phi) is 7.06. The summed E-state index contributed by atoms with van der Waals surface area (Å²) in [5, 5.41) is 9.71. The maximum atomic E-state index is 13.1. The van der Waals surface area contributed by atoms with Gasteiger partial charge in [0, 0.05) is 50.9 Å². The second kappa shape index (κ2) is 9.35. The number of likely N-dealkylation sites (N-methyl/N-ethyl adjacent to an activating group) is 1. The summed E-state index contributed by atoms with van der Waals surface area (Å²) in [4.78, 5) is 19.4. The van der Waals surface area contributed by atoms with Crippen LogP contribution in [-0.4, -0.2) is 80.3 Å². The fraction of sp³-hybridized carbons (Fsp3) is 0.696. The molecule has 1 saturated carbocycles. The van der Waals surface area contributed by atoms with Crippen LogP contribution >= 0.6 is 0 Å². The lowest BCUT2D eigenvalue weighted by atomic mass is 10.0. The Labute approximate surface area is 175 Å². The van der Waals surface area contributed by atoms with Crippen molar-refractivity contribution in [2.45, 2.75) is 45.3 Å². The van der Waals surface area contributed by atoms with Gasteiger partial charge in [0.15, 0.2) is 0 Å². The van der Waals surface area contributed by atoms with Gasteiger partial charge in [-0.15, -0.1) is 0 Å². The number of rotatable bonds is 7. The molecule has 0 aromatic heterocycles. The number of anilines is 1. The number of aliphatic hydroxyl groups is 1. The summed E-state index contributed by atoms with van der Waals surface area (Å²) < 4.78 is 6.55. The first-order valence-electron chi connectivity index (χ1n) is 10.8.